The molecule has 2 aromatic heterocycles. The number of aromatic nitrogens is 3. The molecule has 0 aliphatic rings. The lowest BCUT2D eigenvalue weighted by Crippen LogP contribution is -2.12. The summed E-state index contributed by atoms with van der Waals surface area (Å²) in [6.07, 6.45) is 4.30. The van der Waals surface area contributed by atoms with Gasteiger partial charge in [-0.15, -0.1) is 0 Å². The number of pyridine rings is 1. The minimum absolute atomic E-state index is 0.123. The molecule has 3 aromatic rings. The van der Waals surface area contributed by atoms with Gasteiger partial charge < -0.3 is 9.67 Å². The normalized spacial score (nSPS) is 10.9. The fourth-order valence-corrected chi connectivity index (χ4v) is 3.23. The maximum absolute atomic E-state index is 11.8. The summed E-state index contributed by atoms with van der Waals surface area (Å²) in [6.45, 7) is 3.96. The lowest BCUT2D eigenvalue weighted by molar-refractivity contribution is 0.0685. The molecule has 0 fully saturated rings. The first-order chi connectivity index (χ1) is 12.4. The highest BCUT2D eigenvalue weighted by Crippen LogP contribution is 2.27. The zero-order valence-corrected chi connectivity index (χ0v) is 15.8. The Hall–Kier alpha value is -2.37. The van der Waals surface area contributed by atoms with Crippen molar-refractivity contribution in [3.05, 3.63) is 69.2 Å². The van der Waals surface area contributed by atoms with Gasteiger partial charge in [-0.3, -0.25) is 4.98 Å². The molecule has 0 atom stereocenters. The van der Waals surface area contributed by atoms with Crippen LogP contribution in [0.15, 0.2) is 36.7 Å². The number of hydrogen-bond donors (Lipinski definition) is 1. The molecule has 26 heavy (non-hydrogen) atoms. The average Bonchev–Trinajstić information content (AvgIpc) is 2.94. The number of aryl methyl sites for hydroxylation is 2. The van der Waals surface area contributed by atoms with Crippen LogP contribution in [0, 0.1) is 6.92 Å². The van der Waals surface area contributed by atoms with E-state index in [1.165, 1.54) is 0 Å². The SMILES string of the molecule is CCc1cncc(-c2nc(C)c(C(=O)O)n2Cc2cc(Cl)ccc2Cl)c1. The van der Waals surface area contributed by atoms with Crippen molar-refractivity contribution in [2.75, 3.05) is 0 Å². The zero-order chi connectivity index (χ0) is 18.8. The molecule has 0 aliphatic heterocycles. The molecule has 3 rings (SSSR count). The Morgan fingerprint density at radius 2 is 2.00 bits per heavy atom. The van der Waals surface area contributed by atoms with Crippen LogP contribution in [0.2, 0.25) is 10.0 Å². The molecule has 0 aliphatic carbocycles. The summed E-state index contributed by atoms with van der Waals surface area (Å²) in [5.41, 5.74) is 3.09. The van der Waals surface area contributed by atoms with Crippen molar-refractivity contribution in [1.82, 2.24) is 14.5 Å². The first-order valence-corrected chi connectivity index (χ1v) is 8.85. The second-order valence-corrected chi connectivity index (χ2v) is 6.78. The molecule has 0 bridgehead atoms. The molecule has 2 heterocycles. The number of halogens is 2. The van der Waals surface area contributed by atoms with E-state index in [0.29, 0.717) is 21.6 Å². The molecule has 0 unspecified atom stereocenters. The van der Waals surface area contributed by atoms with Crippen molar-refractivity contribution >= 4 is 29.2 Å². The van der Waals surface area contributed by atoms with E-state index in [0.717, 1.165) is 23.1 Å². The lowest BCUT2D eigenvalue weighted by atomic mass is 10.1. The molecule has 0 radical (unpaired) electrons. The van der Waals surface area contributed by atoms with E-state index in [4.69, 9.17) is 23.2 Å². The van der Waals surface area contributed by atoms with Crippen molar-refractivity contribution in [2.24, 2.45) is 0 Å². The van der Waals surface area contributed by atoms with Crippen molar-refractivity contribution in [3.63, 3.8) is 0 Å². The topological polar surface area (TPSA) is 68.0 Å². The van der Waals surface area contributed by atoms with Crippen LogP contribution in [0.3, 0.4) is 0 Å². The van der Waals surface area contributed by atoms with Gasteiger partial charge in [0.1, 0.15) is 5.82 Å². The molecular weight excluding hydrogens is 373 g/mol. The summed E-state index contributed by atoms with van der Waals surface area (Å²) in [6, 6.07) is 7.09. The van der Waals surface area contributed by atoms with E-state index in [-0.39, 0.29) is 12.2 Å². The van der Waals surface area contributed by atoms with E-state index >= 15 is 0 Å². The predicted octanol–water partition coefficient (Wildman–Crippen LogP) is 4.87. The zero-order valence-electron chi connectivity index (χ0n) is 14.3. The number of imidazole rings is 1. The van der Waals surface area contributed by atoms with Crippen LogP contribution in [0.4, 0.5) is 0 Å². The van der Waals surface area contributed by atoms with E-state index in [9.17, 15) is 9.90 Å². The van der Waals surface area contributed by atoms with E-state index < -0.39 is 5.97 Å². The molecule has 134 valence electrons. The summed E-state index contributed by atoms with van der Waals surface area (Å²) < 4.78 is 1.64. The second kappa shape index (κ2) is 7.48. The van der Waals surface area contributed by atoms with Gasteiger partial charge in [-0.25, -0.2) is 9.78 Å². The molecule has 0 spiro atoms. The largest absolute Gasteiger partial charge is 0.477 e. The fraction of sp³-hybridized carbons (Fsp3) is 0.211. The van der Waals surface area contributed by atoms with Gasteiger partial charge in [0.15, 0.2) is 5.69 Å². The molecule has 1 N–H and O–H groups in total. The molecule has 5 nitrogen and oxygen atoms in total. The highest BCUT2D eigenvalue weighted by molar-refractivity contribution is 6.33. The number of benzene rings is 1. The number of carboxylic acids is 1. The predicted molar refractivity (Wildman–Crippen MR) is 102 cm³/mol. The smallest absolute Gasteiger partial charge is 0.354 e. The Morgan fingerprint density at radius 1 is 1.23 bits per heavy atom. The van der Waals surface area contributed by atoms with Crippen LogP contribution in [0.1, 0.15) is 34.2 Å². The monoisotopic (exact) mass is 389 g/mol. The van der Waals surface area contributed by atoms with E-state index in [1.807, 2.05) is 13.0 Å². The molecule has 0 saturated carbocycles. The highest BCUT2D eigenvalue weighted by Gasteiger charge is 2.22. The van der Waals surface area contributed by atoms with Crippen molar-refractivity contribution in [1.29, 1.82) is 0 Å². The van der Waals surface area contributed by atoms with Gasteiger partial charge in [0, 0.05) is 28.0 Å². The number of carbonyl (C=O) groups is 1. The third-order valence-corrected chi connectivity index (χ3v) is 4.75. The Morgan fingerprint density at radius 3 is 2.69 bits per heavy atom. The first-order valence-electron chi connectivity index (χ1n) is 8.09. The molecule has 1 aromatic carbocycles. The third kappa shape index (κ3) is 3.59. The van der Waals surface area contributed by atoms with Gasteiger partial charge in [-0.05, 0) is 48.7 Å². The first kappa shape index (κ1) is 18.4. The summed E-state index contributed by atoms with van der Waals surface area (Å²) in [4.78, 5) is 20.6. The second-order valence-electron chi connectivity index (χ2n) is 5.93. The average molecular weight is 390 g/mol. The van der Waals surface area contributed by atoms with Gasteiger partial charge in [0.2, 0.25) is 0 Å². The molecule has 0 amide bonds. The van der Waals surface area contributed by atoms with Gasteiger partial charge in [-0.2, -0.15) is 0 Å². The maximum Gasteiger partial charge on any atom is 0.354 e. The van der Waals surface area contributed by atoms with Crippen LogP contribution in [0.5, 0.6) is 0 Å². The Bertz CT molecular complexity index is 983. The summed E-state index contributed by atoms with van der Waals surface area (Å²) in [7, 11) is 0. The van der Waals surface area contributed by atoms with Crippen molar-refractivity contribution in [3.8, 4) is 11.4 Å². The van der Waals surface area contributed by atoms with Gasteiger partial charge in [0.25, 0.3) is 0 Å². The van der Waals surface area contributed by atoms with Crippen LogP contribution in [0.25, 0.3) is 11.4 Å². The summed E-state index contributed by atoms with van der Waals surface area (Å²) >= 11 is 12.4. The van der Waals surface area contributed by atoms with Gasteiger partial charge in [0.05, 0.1) is 12.2 Å². The molecular formula is C19H17Cl2N3O2. The van der Waals surface area contributed by atoms with E-state index in [1.54, 1.807) is 42.1 Å². The molecule has 7 heteroatoms. The third-order valence-electron chi connectivity index (χ3n) is 4.14. The fourth-order valence-electron chi connectivity index (χ4n) is 2.86. The number of rotatable bonds is 5. The van der Waals surface area contributed by atoms with Gasteiger partial charge in [-0.1, -0.05) is 30.1 Å². The standard InChI is InChI=1S/C19H17Cl2N3O2/c1-3-12-6-13(9-22-8-12)18-23-11(2)17(19(25)26)24(18)10-14-7-15(20)4-5-16(14)21/h4-9H,3,10H2,1-2H3,(H,25,26). The number of carboxylic acid groups (broad SMARTS) is 1. The number of nitrogens with zero attached hydrogens (tertiary/aromatic N) is 3. The quantitative estimate of drug-likeness (QED) is 0.675. The Labute approximate surface area is 161 Å². The van der Waals surface area contributed by atoms with Crippen molar-refractivity contribution < 1.29 is 9.90 Å². The number of aromatic carboxylic acids is 1. The van der Waals surface area contributed by atoms with Gasteiger partial charge >= 0.3 is 5.97 Å². The number of hydrogen-bond acceptors (Lipinski definition) is 3. The Balaban J connectivity index is 2.18. The van der Waals surface area contributed by atoms with Crippen LogP contribution < -0.4 is 0 Å². The summed E-state index contributed by atoms with van der Waals surface area (Å²) in [5, 5.41) is 10.7. The minimum atomic E-state index is -1.04. The highest BCUT2D eigenvalue weighted by atomic mass is 35.5. The van der Waals surface area contributed by atoms with Crippen LogP contribution in [-0.4, -0.2) is 25.6 Å². The maximum atomic E-state index is 11.8. The Kier molecular flexibility index (Phi) is 5.30. The van der Waals surface area contributed by atoms with Crippen molar-refractivity contribution in [2.45, 2.75) is 26.8 Å². The molecule has 0 saturated heterocycles. The van der Waals surface area contributed by atoms with E-state index in [2.05, 4.69) is 9.97 Å². The summed E-state index contributed by atoms with van der Waals surface area (Å²) in [5.74, 6) is -0.502. The van der Waals surface area contributed by atoms with Crippen LogP contribution in [-0.2, 0) is 13.0 Å². The lowest BCUT2D eigenvalue weighted by Gasteiger charge is -2.12. The van der Waals surface area contributed by atoms with Crippen LogP contribution >= 0.6 is 23.2 Å². The minimum Gasteiger partial charge on any atom is -0.477 e.